The summed E-state index contributed by atoms with van der Waals surface area (Å²) in [6.07, 6.45) is 2.91. The Morgan fingerprint density at radius 2 is 1.64 bits per heavy atom. The molecule has 0 spiro atoms. The maximum atomic E-state index is 11.3. The highest BCUT2D eigenvalue weighted by Gasteiger charge is 2.20. The molecule has 2 aromatic rings. The first-order valence-electron chi connectivity index (χ1n) is 8.11. The predicted molar refractivity (Wildman–Crippen MR) is 95.7 cm³/mol. The van der Waals surface area contributed by atoms with E-state index < -0.39 is 16.1 Å². The van der Waals surface area contributed by atoms with Crippen molar-refractivity contribution < 1.29 is 13.5 Å². The van der Waals surface area contributed by atoms with Crippen LogP contribution in [0.4, 0.5) is 5.69 Å². The molecule has 1 aliphatic rings. The number of nitrogens with two attached hydrogens (primary N) is 1. The highest BCUT2D eigenvalue weighted by molar-refractivity contribution is 7.89. The monoisotopic (exact) mass is 362 g/mol. The predicted octanol–water partition coefficient (Wildman–Crippen LogP) is 0.585. The minimum absolute atomic E-state index is 0.0504. The Bertz CT molecular complexity index is 788. The summed E-state index contributed by atoms with van der Waals surface area (Å²) in [5, 5.41) is 15.5. The molecule has 0 amide bonds. The fourth-order valence-electron chi connectivity index (χ4n) is 2.97. The second-order valence-electron chi connectivity index (χ2n) is 6.12. The average Bonchev–Trinajstić information content (AvgIpc) is 2.62. The lowest BCUT2D eigenvalue weighted by Crippen LogP contribution is -2.47. The summed E-state index contributed by atoms with van der Waals surface area (Å²) < 4.78 is 22.6. The summed E-state index contributed by atoms with van der Waals surface area (Å²) >= 11 is 0. The molecule has 1 atom stereocenters. The minimum atomic E-state index is -3.71. The van der Waals surface area contributed by atoms with Crippen molar-refractivity contribution in [1.29, 1.82) is 0 Å². The van der Waals surface area contributed by atoms with Crippen molar-refractivity contribution in [2.75, 3.05) is 37.6 Å². The Morgan fingerprint density at radius 3 is 2.20 bits per heavy atom. The van der Waals surface area contributed by atoms with Crippen molar-refractivity contribution in [3.63, 3.8) is 0 Å². The average molecular weight is 362 g/mol. The second kappa shape index (κ2) is 7.49. The highest BCUT2D eigenvalue weighted by atomic mass is 32.2. The third kappa shape index (κ3) is 4.55. The van der Waals surface area contributed by atoms with Crippen LogP contribution in [0.1, 0.15) is 11.7 Å². The van der Waals surface area contributed by atoms with Gasteiger partial charge in [0.05, 0.1) is 11.0 Å². The topological polar surface area (TPSA) is 99.8 Å². The molecule has 0 bridgehead atoms. The van der Waals surface area contributed by atoms with Crippen LogP contribution in [0, 0.1) is 0 Å². The van der Waals surface area contributed by atoms with E-state index in [-0.39, 0.29) is 4.90 Å². The molecule has 1 fully saturated rings. The highest BCUT2D eigenvalue weighted by Crippen LogP contribution is 2.19. The summed E-state index contributed by atoms with van der Waals surface area (Å²) in [6.45, 7) is 4.00. The van der Waals surface area contributed by atoms with Crippen LogP contribution in [0.5, 0.6) is 0 Å². The fraction of sp³-hybridized carbons (Fsp3) is 0.353. The molecule has 7 nitrogen and oxygen atoms in total. The number of piperazine rings is 1. The Balaban J connectivity index is 1.55. The van der Waals surface area contributed by atoms with Crippen molar-refractivity contribution in [2.45, 2.75) is 11.0 Å². The molecule has 8 heteroatoms. The number of rotatable bonds is 5. The van der Waals surface area contributed by atoms with Crippen LogP contribution in [-0.4, -0.2) is 56.1 Å². The molecular weight excluding hydrogens is 340 g/mol. The Morgan fingerprint density at radius 1 is 1.04 bits per heavy atom. The third-order valence-corrected chi connectivity index (χ3v) is 5.35. The number of sulfonamides is 1. The Hall–Kier alpha value is -2.00. The van der Waals surface area contributed by atoms with Gasteiger partial charge in [0, 0.05) is 50.8 Å². The van der Waals surface area contributed by atoms with Gasteiger partial charge in [0.2, 0.25) is 10.0 Å². The molecule has 134 valence electrons. The normalized spacial score (nSPS) is 17.4. The number of hydrogen-bond donors (Lipinski definition) is 2. The van der Waals surface area contributed by atoms with Gasteiger partial charge < -0.3 is 10.0 Å². The van der Waals surface area contributed by atoms with Crippen molar-refractivity contribution in [3.05, 3.63) is 54.4 Å². The van der Waals surface area contributed by atoms with Gasteiger partial charge >= 0.3 is 0 Å². The van der Waals surface area contributed by atoms with Gasteiger partial charge in [0.15, 0.2) is 0 Å². The smallest absolute Gasteiger partial charge is 0.238 e. The maximum absolute atomic E-state index is 11.3. The number of aromatic nitrogens is 1. The number of aliphatic hydroxyl groups excluding tert-OH is 1. The first-order valence-corrected chi connectivity index (χ1v) is 9.66. The van der Waals surface area contributed by atoms with Crippen molar-refractivity contribution in [1.82, 2.24) is 9.88 Å². The van der Waals surface area contributed by atoms with E-state index in [0.717, 1.165) is 31.9 Å². The molecule has 0 aliphatic carbocycles. The minimum Gasteiger partial charge on any atom is -0.387 e. The molecule has 25 heavy (non-hydrogen) atoms. The van der Waals surface area contributed by atoms with E-state index in [1.54, 1.807) is 24.5 Å². The van der Waals surface area contributed by atoms with Gasteiger partial charge in [0.25, 0.3) is 0 Å². The molecule has 0 saturated carbocycles. The number of hydrogen-bond acceptors (Lipinski definition) is 6. The fourth-order valence-corrected chi connectivity index (χ4v) is 3.49. The number of primary sulfonamides is 1. The molecule has 3 N–H and O–H groups in total. The lowest BCUT2D eigenvalue weighted by Gasteiger charge is -2.36. The number of aliphatic hydroxyl groups is 1. The molecule has 1 aromatic heterocycles. The lowest BCUT2D eigenvalue weighted by atomic mass is 10.1. The Kier molecular flexibility index (Phi) is 5.33. The summed E-state index contributed by atoms with van der Waals surface area (Å²) in [4.78, 5) is 8.59. The number of anilines is 1. The van der Waals surface area contributed by atoms with E-state index in [1.165, 1.54) is 12.1 Å². The second-order valence-corrected chi connectivity index (χ2v) is 7.68. The van der Waals surface area contributed by atoms with Gasteiger partial charge in [-0.05, 0) is 29.8 Å². The van der Waals surface area contributed by atoms with Crippen molar-refractivity contribution in [2.24, 2.45) is 5.14 Å². The summed E-state index contributed by atoms with van der Waals surface area (Å²) in [7, 11) is -3.71. The van der Waals surface area contributed by atoms with Gasteiger partial charge in [-0.2, -0.15) is 0 Å². The van der Waals surface area contributed by atoms with Crippen LogP contribution in [0.2, 0.25) is 0 Å². The molecule has 2 heterocycles. The van der Waals surface area contributed by atoms with Gasteiger partial charge in [-0.3, -0.25) is 9.88 Å². The lowest BCUT2D eigenvalue weighted by molar-refractivity contribution is 0.109. The first-order chi connectivity index (χ1) is 11.9. The molecule has 3 rings (SSSR count). The van der Waals surface area contributed by atoms with Crippen molar-refractivity contribution in [3.8, 4) is 0 Å². The molecular formula is C17H22N4O3S. The third-order valence-electron chi connectivity index (χ3n) is 4.42. The van der Waals surface area contributed by atoms with Crippen LogP contribution >= 0.6 is 0 Å². The molecule has 1 saturated heterocycles. The van der Waals surface area contributed by atoms with E-state index in [1.807, 2.05) is 12.1 Å². The number of pyridine rings is 1. The summed E-state index contributed by atoms with van der Waals surface area (Å²) in [6, 6.07) is 10.1. The van der Waals surface area contributed by atoms with E-state index >= 15 is 0 Å². The van der Waals surface area contributed by atoms with Crippen LogP contribution < -0.4 is 10.0 Å². The van der Waals surface area contributed by atoms with Crippen LogP contribution in [0.15, 0.2) is 53.7 Å². The molecule has 0 radical (unpaired) electrons. The zero-order valence-corrected chi connectivity index (χ0v) is 14.6. The largest absolute Gasteiger partial charge is 0.387 e. The quantitative estimate of drug-likeness (QED) is 0.807. The van der Waals surface area contributed by atoms with Gasteiger partial charge in [-0.25, -0.2) is 13.6 Å². The zero-order valence-electron chi connectivity index (χ0n) is 13.8. The zero-order chi connectivity index (χ0) is 17.9. The summed E-state index contributed by atoms with van der Waals surface area (Å²) in [5.74, 6) is 0. The van der Waals surface area contributed by atoms with E-state index in [0.29, 0.717) is 12.1 Å². The maximum Gasteiger partial charge on any atom is 0.238 e. The van der Waals surface area contributed by atoms with E-state index in [2.05, 4.69) is 14.8 Å². The van der Waals surface area contributed by atoms with Gasteiger partial charge in [-0.15, -0.1) is 0 Å². The standard InChI is InChI=1S/C17H22N4O3S/c18-25(23,24)16-3-1-14(2-4-16)17(22)13-20-9-11-21(12-10-20)15-5-7-19-8-6-15/h1-8,17,22H,9-13H2,(H2,18,23,24). The molecule has 1 aromatic carbocycles. The number of nitrogens with zero attached hydrogens (tertiary/aromatic N) is 3. The molecule has 1 unspecified atom stereocenters. The first kappa shape index (κ1) is 17.8. The number of β-amino-alcohol motifs (C(OH)–C–C–N with tert-alkyl or cyclic N) is 1. The van der Waals surface area contributed by atoms with Crippen LogP contribution in [0.3, 0.4) is 0 Å². The van der Waals surface area contributed by atoms with Crippen LogP contribution in [0.25, 0.3) is 0 Å². The van der Waals surface area contributed by atoms with E-state index in [9.17, 15) is 13.5 Å². The van der Waals surface area contributed by atoms with Crippen LogP contribution in [-0.2, 0) is 10.0 Å². The molecule has 1 aliphatic heterocycles. The number of benzene rings is 1. The SMILES string of the molecule is NS(=O)(=O)c1ccc(C(O)CN2CCN(c3ccncc3)CC2)cc1. The summed E-state index contributed by atoms with van der Waals surface area (Å²) in [5.41, 5.74) is 1.85. The van der Waals surface area contributed by atoms with Gasteiger partial charge in [-0.1, -0.05) is 12.1 Å². The van der Waals surface area contributed by atoms with Gasteiger partial charge in [0.1, 0.15) is 0 Å². The van der Waals surface area contributed by atoms with E-state index in [4.69, 9.17) is 5.14 Å². The van der Waals surface area contributed by atoms with Crippen molar-refractivity contribution >= 4 is 15.7 Å². The Labute approximate surface area is 147 Å².